The van der Waals surface area contributed by atoms with Crippen LogP contribution in [0.1, 0.15) is 33.1 Å². The Labute approximate surface area is 78.8 Å². The van der Waals surface area contributed by atoms with Gasteiger partial charge in [0, 0.05) is 11.6 Å². The van der Waals surface area contributed by atoms with Gasteiger partial charge in [0.15, 0.2) is 0 Å². The summed E-state index contributed by atoms with van der Waals surface area (Å²) in [6, 6.07) is 0.346. The molecule has 0 heterocycles. The lowest BCUT2D eigenvalue weighted by Gasteiger charge is -2.21. The summed E-state index contributed by atoms with van der Waals surface area (Å²) in [5, 5.41) is 2.73. The molecule has 1 unspecified atom stereocenters. The molecule has 1 rings (SSSR count). The molecule has 1 amide bonds. The van der Waals surface area contributed by atoms with E-state index in [1.807, 2.05) is 13.8 Å². The van der Waals surface area contributed by atoms with Crippen molar-refractivity contribution in [2.45, 2.75) is 44.7 Å². The van der Waals surface area contributed by atoms with Gasteiger partial charge in [-0.25, -0.2) is 4.79 Å². The maximum absolute atomic E-state index is 11.1. The molecule has 1 aliphatic carbocycles. The van der Waals surface area contributed by atoms with E-state index < -0.39 is 5.54 Å². The van der Waals surface area contributed by atoms with Gasteiger partial charge in [-0.3, -0.25) is 0 Å². The van der Waals surface area contributed by atoms with Gasteiger partial charge in [0.05, 0.1) is 0 Å². The third kappa shape index (κ3) is 4.12. The second-order valence-electron chi connectivity index (χ2n) is 4.00. The van der Waals surface area contributed by atoms with Crippen LogP contribution in [0.15, 0.2) is 0 Å². The molecule has 4 heteroatoms. The van der Waals surface area contributed by atoms with Gasteiger partial charge in [0.2, 0.25) is 0 Å². The first-order valence-electron chi connectivity index (χ1n) is 4.75. The molecule has 76 valence electrons. The molecule has 1 atom stereocenters. The second kappa shape index (κ2) is 3.96. The number of amides is 1. The Morgan fingerprint density at radius 1 is 1.69 bits per heavy atom. The average molecular weight is 186 g/mol. The highest BCUT2D eigenvalue weighted by Gasteiger charge is 2.25. The van der Waals surface area contributed by atoms with Gasteiger partial charge in [-0.2, -0.15) is 0 Å². The van der Waals surface area contributed by atoms with Crippen LogP contribution in [0, 0.1) is 0 Å². The number of nitrogens with two attached hydrogens (primary N) is 1. The fraction of sp³-hybridized carbons (Fsp3) is 0.889. The minimum atomic E-state index is -0.402. The van der Waals surface area contributed by atoms with Crippen molar-refractivity contribution in [2.24, 2.45) is 5.73 Å². The molecule has 0 radical (unpaired) electrons. The van der Waals surface area contributed by atoms with E-state index in [1.54, 1.807) is 0 Å². The largest absolute Gasteiger partial charge is 0.448 e. The van der Waals surface area contributed by atoms with E-state index in [2.05, 4.69) is 5.32 Å². The summed E-state index contributed by atoms with van der Waals surface area (Å²) in [4.78, 5) is 11.1. The molecule has 0 spiro atoms. The SMILES string of the molecule is CCC(C)(N)COC(=O)NC1CC1. The van der Waals surface area contributed by atoms with Crippen LogP contribution in [0.3, 0.4) is 0 Å². The first-order chi connectivity index (χ1) is 6.03. The second-order valence-corrected chi connectivity index (χ2v) is 4.00. The Morgan fingerprint density at radius 2 is 2.31 bits per heavy atom. The van der Waals surface area contributed by atoms with Crippen molar-refractivity contribution in [2.75, 3.05) is 6.61 Å². The Hall–Kier alpha value is -0.770. The van der Waals surface area contributed by atoms with Crippen molar-refractivity contribution in [3.05, 3.63) is 0 Å². The molecular formula is C9H18N2O2. The summed E-state index contributed by atoms with van der Waals surface area (Å²) in [5.41, 5.74) is 5.40. The summed E-state index contributed by atoms with van der Waals surface area (Å²) >= 11 is 0. The first kappa shape index (κ1) is 10.3. The summed E-state index contributed by atoms with van der Waals surface area (Å²) < 4.78 is 4.97. The molecular weight excluding hydrogens is 168 g/mol. The van der Waals surface area contributed by atoms with Gasteiger partial charge in [0.1, 0.15) is 6.61 Å². The van der Waals surface area contributed by atoms with E-state index in [-0.39, 0.29) is 12.7 Å². The molecule has 0 aliphatic heterocycles. The standard InChI is InChI=1S/C9H18N2O2/c1-3-9(2,10)6-13-8(12)11-7-4-5-7/h7H,3-6,10H2,1-2H3,(H,11,12). The van der Waals surface area contributed by atoms with Crippen LogP contribution in [0.25, 0.3) is 0 Å². The van der Waals surface area contributed by atoms with Crippen molar-refractivity contribution in [1.29, 1.82) is 0 Å². The minimum absolute atomic E-state index is 0.280. The first-order valence-corrected chi connectivity index (χ1v) is 4.75. The summed E-state index contributed by atoms with van der Waals surface area (Å²) in [7, 11) is 0. The van der Waals surface area contributed by atoms with E-state index in [1.165, 1.54) is 0 Å². The molecule has 1 saturated carbocycles. The maximum Gasteiger partial charge on any atom is 0.407 e. The lowest BCUT2D eigenvalue weighted by atomic mass is 10.0. The summed E-state index contributed by atoms with van der Waals surface area (Å²) in [6.07, 6.45) is 2.60. The van der Waals surface area contributed by atoms with Gasteiger partial charge in [-0.15, -0.1) is 0 Å². The van der Waals surface area contributed by atoms with Crippen molar-refractivity contribution in [1.82, 2.24) is 5.32 Å². The fourth-order valence-corrected chi connectivity index (χ4v) is 0.768. The van der Waals surface area contributed by atoms with Gasteiger partial charge in [-0.05, 0) is 26.2 Å². The van der Waals surface area contributed by atoms with E-state index in [0.717, 1.165) is 19.3 Å². The summed E-state index contributed by atoms with van der Waals surface area (Å²) in [6.45, 7) is 4.13. The number of rotatable bonds is 4. The zero-order chi connectivity index (χ0) is 9.90. The van der Waals surface area contributed by atoms with Crippen LogP contribution in [0.5, 0.6) is 0 Å². The molecule has 1 aliphatic rings. The third-order valence-corrected chi connectivity index (χ3v) is 2.24. The van der Waals surface area contributed by atoms with Crippen LogP contribution in [0.4, 0.5) is 4.79 Å². The van der Waals surface area contributed by atoms with Crippen molar-refractivity contribution < 1.29 is 9.53 Å². The van der Waals surface area contributed by atoms with Gasteiger partial charge < -0.3 is 15.8 Å². The molecule has 4 nitrogen and oxygen atoms in total. The number of hydrogen-bond acceptors (Lipinski definition) is 3. The smallest absolute Gasteiger partial charge is 0.407 e. The normalized spacial score (nSPS) is 20.5. The third-order valence-electron chi connectivity index (χ3n) is 2.24. The zero-order valence-electron chi connectivity index (χ0n) is 8.30. The topological polar surface area (TPSA) is 64.3 Å². The number of ether oxygens (including phenoxy) is 1. The van der Waals surface area contributed by atoms with Gasteiger partial charge in [0.25, 0.3) is 0 Å². The maximum atomic E-state index is 11.1. The fourth-order valence-electron chi connectivity index (χ4n) is 0.768. The Morgan fingerprint density at radius 3 is 2.77 bits per heavy atom. The molecule has 0 aromatic heterocycles. The van der Waals surface area contributed by atoms with Crippen LogP contribution in [0.2, 0.25) is 0 Å². The van der Waals surface area contributed by atoms with Crippen molar-refractivity contribution in [3.8, 4) is 0 Å². The predicted octanol–water partition coefficient (Wildman–Crippen LogP) is 1.00. The molecule has 0 aromatic rings. The Kier molecular flexibility index (Phi) is 3.14. The van der Waals surface area contributed by atoms with Crippen LogP contribution in [-0.4, -0.2) is 24.3 Å². The molecule has 0 bridgehead atoms. The highest BCUT2D eigenvalue weighted by molar-refractivity contribution is 5.68. The number of alkyl carbamates (subject to hydrolysis) is 1. The molecule has 1 fully saturated rings. The number of carbonyl (C=O) groups is 1. The predicted molar refractivity (Wildman–Crippen MR) is 50.4 cm³/mol. The lowest BCUT2D eigenvalue weighted by molar-refractivity contribution is 0.119. The van der Waals surface area contributed by atoms with Crippen LogP contribution >= 0.6 is 0 Å². The number of carbonyl (C=O) groups excluding carboxylic acids is 1. The molecule has 3 N–H and O–H groups in total. The van der Waals surface area contributed by atoms with Crippen LogP contribution < -0.4 is 11.1 Å². The van der Waals surface area contributed by atoms with E-state index >= 15 is 0 Å². The van der Waals surface area contributed by atoms with E-state index in [4.69, 9.17) is 10.5 Å². The number of nitrogens with one attached hydrogen (secondary N) is 1. The molecule has 13 heavy (non-hydrogen) atoms. The monoisotopic (exact) mass is 186 g/mol. The summed E-state index contributed by atoms with van der Waals surface area (Å²) in [5.74, 6) is 0. The van der Waals surface area contributed by atoms with Gasteiger partial charge >= 0.3 is 6.09 Å². The zero-order valence-corrected chi connectivity index (χ0v) is 8.30. The average Bonchev–Trinajstić information content (AvgIpc) is 2.85. The van der Waals surface area contributed by atoms with E-state index in [9.17, 15) is 4.79 Å². The Balaban J connectivity index is 2.13. The minimum Gasteiger partial charge on any atom is -0.448 e. The Bertz CT molecular complexity index is 188. The highest BCUT2D eigenvalue weighted by Crippen LogP contribution is 2.18. The highest BCUT2D eigenvalue weighted by atomic mass is 16.5. The van der Waals surface area contributed by atoms with Crippen molar-refractivity contribution >= 4 is 6.09 Å². The molecule has 0 aromatic carbocycles. The number of hydrogen-bond donors (Lipinski definition) is 2. The lowest BCUT2D eigenvalue weighted by Crippen LogP contribution is -2.42. The quantitative estimate of drug-likeness (QED) is 0.688. The molecule has 0 saturated heterocycles. The van der Waals surface area contributed by atoms with E-state index in [0.29, 0.717) is 6.04 Å². The van der Waals surface area contributed by atoms with Crippen molar-refractivity contribution in [3.63, 3.8) is 0 Å². The van der Waals surface area contributed by atoms with Crippen LogP contribution in [-0.2, 0) is 4.74 Å². The van der Waals surface area contributed by atoms with Gasteiger partial charge in [-0.1, -0.05) is 6.92 Å².